The van der Waals surface area contributed by atoms with E-state index in [1.807, 2.05) is 6.92 Å². The lowest BCUT2D eigenvalue weighted by Crippen LogP contribution is -2.29. The molecular formula is C14H21N3O3. The third kappa shape index (κ3) is 4.79. The molecule has 1 rings (SSSR count). The molecule has 0 aliphatic carbocycles. The maximum atomic E-state index is 11.5. The normalized spacial score (nSPS) is 9.75. The second-order valence-electron chi connectivity index (χ2n) is 4.19. The molecule has 0 fully saturated rings. The smallest absolute Gasteiger partial charge is 0.413 e. The summed E-state index contributed by atoms with van der Waals surface area (Å²) in [7, 11) is 1.63. The number of anilines is 2. The summed E-state index contributed by atoms with van der Waals surface area (Å²) < 4.78 is 4.90. The molecular weight excluding hydrogens is 258 g/mol. The second kappa shape index (κ2) is 8.04. The molecule has 6 heteroatoms. The van der Waals surface area contributed by atoms with Gasteiger partial charge in [0.1, 0.15) is 0 Å². The summed E-state index contributed by atoms with van der Waals surface area (Å²) >= 11 is 0. The Morgan fingerprint density at radius 1 is 1.20 bits per heavy atom. The maximum absolute atomic E-state index is 11.5. The van der Waals surface area contributed by atoms with E-state index in [1.165, 1.54) is 4.90 Å². The molecule has 0 aromatic heterocycles. The first-order chi connectivity index (χ1) is 9.58. The first-order valence-corrected chi connectivity index (χ1v) is 6.63. The minimum absolute atomic E-state index is 0.238. The molecule has 20 heavy (non-hydrogen) atoms. The Balaban J connectivity index is 2.60. The molecule has 0 saturated carbocycles. The average molecular weight is 279 g/mol. The molecule has 1 aromatic carbocycles. The summed E-state index contributed by atoms with van der Waals surface area (Å²) in [5, 5.41) is 5.43. The predicted molar refractivity (Wildman–Crippen MR) is 79.2 cm³/mol. The van der Waals surface area contributed by atoms with Crippen molar-refractivity contribution in [1.82, 2.24) is 5.32 Å². The molecule has 0 saturated heterocycles. The van der Waals surface area contributed by atoms with Crippen molar-refractivity contribution in [3.8, 4) is 0 Å². The van der Waals surface area contributed by atoms with Crippen LogP contribution in [0.5, 0.6) is 0 Å². The first kappa shape index (κ1) is 15.8. The van der Waals surface area contributed by atoms with E-state index in [2.05, 4.69) is 10.6 Å². The number of nitrogens with one attached hydrogen (secondary N) is 2. The molecule has 0 unspecified atom stereocenters. The highest BCUT2D eigenvalue weighted by Crippen LogP contribution is 2.17. The Labute approximate surface area is 119 Å². The van der Waals surface area contributed by atoms with Gasteiger partial charge in [-0.05, 0) is 37.6 Å². The highest BCUT2D eigenvalue weighted by molar-refractivity contribution is 5.90. The van der Waals surface area contributed by atoms with Crippen molar-refractivity contribution in [3.63, 3.8) is 0 Å². The van der Waals surface area contributed by atoms with Gasteiger partial charge in [-0.1, -0.05) is 6.92 Å². The van der Waals surface area contributed by atoms with E-state index in [1.54, 1.807) is 38.2 Å². The van der Waals surface area contributed by atoms with E-state index >= 15 is 0 Å². The van der Waals surface area contributed by atoms with Crippen molar-refractivity contribution in [2.45, 2.75) is 20.3 Å². The van der Waals surface area contributed by atoms with Crippen molar-refractivity contribution >= 4 is 23.5 Å². The van der Waals surface area contributed by atoms with Gasteiger partial charge in [0.05, 0.1) is 6.61 Å². The van der Waals surface area contributed by atoms with Gasteiger partial charge in [-0.2, -0.15) is 0 Å². The fourth-order valence-electron chi connectivity index (χ4n) is 1.51. The maximum Gasteiger partial charge on any atom is 0.413 e. The molecule has 6 nitrogen and oxygen atoms in total. The van der Waals surface area contributed by atoms with Crippen LogP contribution in [0.15, 0.2) is 24.3 Å². The minimum Gasteiger partial charge on any atom is -0.449 e. The van der Waals surface area contributed by atoms with Crippen LogP contribution < -0.4 is 15.5 Å². The topological polar surface area (TPSA) is 70.7 Å². The van der Waals surface area contributed by atoms with Crippen LogP contribution in [-0.4, -0.2) is 32.3 Å². The Hall–Kier alpha value is -2.24. The lowest BCUT2D eigenvalue weighted by molar-refractivity contribution is 0.161. The quantitative estimate of drug-likeness (QED) is 0.870. The molecule has 0 aliphatic heterocycles. The molecule has 2 N–H and O–H groups in total. The van der Waals surface area contributed by atoms with E-state index < -0.39 is 6.09 Å². The van der Waals surface area contributed by atoms with Gasteiger partial charge in [0, 0.05) is 25.0 Å². The van der Waals surface area contributed by atoms with E-state index in [9.17, 15) is 9.59 Å². The standard InChI is InChI=1S/C14H21N3O3/c1-4-10-15-13(18)16-11-6-8-12(9-7-11)17(3)14(19)20-5-2/h6-9H,4-5,10H2,1-3H3,(H2,15,16,18). The third-order valence-corrected chi connectivity index (χ3v) is 2.59. The zero-order valence-electron chi connectivity index (χ0n) is 12.1. The minimum atomic E-state index is -0.408. The van der Waals surface area contributed by atoms with Gasteiger partial charge in [0.25, 0.3) is 0 Å². The predicted octanol–water partition coefficient (Wildman–Crippen LogP) is 2.81. The van der Waals surface area contributed by atoms with Crippen LogP contribution in [-0.2, 0) is 4.74 Å². The summed E-state index contributed by atoms with van der Waals surface area (Å²) in [5.41, 5.74) is 1.36. The summed E-state index contributed by atoms with van der Waals surface area (Å²) in [4.78, 5) is 24.4. The molecule has 0 aliphatic rings. The van der Waals surface area contributed by atoms with Gasteiger partial charge in [0.2, 0.25) is 0 Å². The molecule has 0 bridgehead atoms. The van der Waals surface area contributed by atoms with E-state index in [0.29, 0.717) is 24.5 Å². The molecule has 0 radical (unpaired) electrons. The molecule has 3 amide bonds. The van der Waals surface area contributed by atoms with Crippen LogP contribution in [0.4, 0.5) is 21.0 Å². The van der Waals surface area contributed by atoms with Crippen LogP contribution in [0, 0.1) is 0 Å². The Morgan fingerprint density at radius 3 is 2.40 bits per heavy atom. The molecule has 0 spiro atoms. The molecule has 0 atom stereocenters. The Bertz CT molecular complexity index is 445. The second-order valence-corrected chi connectivity index (χ2v) is 4.19. The summed E-state index contributed by atoms with van der Waals surface area (Å²) in [6.07, 6.45) is 0.477. The van der Waals surface area contributed by atoms with Crippen molar-refractivity contribution in [1.29, 1.82) is 0 Å². The monoisotopic (exact) mass is 279 g/mol. The van der Waals surface area contributed by atoms with Gasteiger partial charge < -0.3 is 15.4 Å². The van der Waals surface area contributed by atoms with E-state index in [0.717, 1.165) is 6.42 Å². The highest BCUT2D eigenvalue weighted by atomic mass is 16.6. The number of rotatable bonds is 5. The lowest BCUT2D eigenvalue weighted by atomic mass is 10.2. The van der Waals surface area contributed by atoms with Crippen LogP contribution in [0.2, 0.25) is 0 Å². The number of nitrogens with zero attached hydrogens (tertiary/aromatic N) is 1. The Morgan fingerprint density at radius 2 is 1.85 bits per heavy atom. The van der Waals surface area contributed by atoms with Crippen molar-refractivity contribution in [2.75, 3.05) is 30.4 Å². The number of carbonyl (C=O) groups excluding carboxylic acids is 2. The number of carbonyl (C=O) groups is 2. The van der Waals surface area contributed by atoms with Crippen LogP contribution in [0.25, 0.3) is 0 Å². The number of hydrogen-bond donors (Lipinski definition) is 2. The SMILES string of the molecule is CCCNC(=O)Nc1ccc(N(C)C(=O)OCC)cc1. The van der Waals surface area contributed by atoms with Gasteiger partial charge in [-0.15, -0.1) is 0 Å². The summed E-state index contributed by atoms with van der Waals surface area (Å²) in [5.74, 6) is 0. The molecule has 1 aromatic rings. The van der Waals surface area contributed by atoms with Crippen molar-refractivity contribution in [2.24, 2.45) is 0 Å². The lowest BCUT2D eigenvalue weighted by Gasteiger charge is -2.17. The molecule has 110 valence electrons. The third-order valence-electron chi connectivity index (χ3n) is 2.59. The average Bonchev–Trinajstić information content (AvgIpc) is 2.45. The van der Waals surface area contributed by atoms with Gasteiger partial charge in [0.15, 0.2) is 0 Å². The fourth-order valence-corrected chi connectivity index (χ4v) is 1.51. The van der Waals surface area contributed by atoms with Gasteiger partial charge >= 0.3 is 12.1 Å². The van der Waals surface area contributed by atoms with Crippen molar-refractivity contribution < 1.29 is 14.3 Å². The fraction of sp³-hybridized carbons (Fsp3) is 0.429. The number of ether oxygens (including phenoxy) is 1. The zero-order chi connectivity index (χ0) is 15.0. The molecule has 0 heterocycles. The van der Waals surface area contributed by atoms with Crippen LogP contribution in [0.1, 0.15) is 20.3 Å². The highest BCUT2D eigenvalue weighted by Gasteiger charge is 2.11. The number of benzene rings is 1. The Kier molecular flexibility index (Phi) is 6.36. The van der Waals surface area contributed by atoms with Crippen molar-refractivity contribution in [3.05, 3.63) is 24.3 Å². The number of hydrogen-bond acceptors (Lipinski definition) is 3. The van der Waals surface area contributed by atoms with Gasteiger partial charge in [-0.3, -0.25) is 4.90 Å². The van der Waals surface area contributed by atoms with Crippen LogP contribution in [0.3, 0.4) is 0 Å². The van der Waals surface area contributed by atoms with Gasteiger partial charge in [-0.25, -0.2) is 9.59 Å². The first-order valence-electron chi connectivity index (χ1n) is 6.63. The number of urea groups is 1. The summed E-state index contributed by atoms with van der Waals surface area (Å²) in [6, 6.07) is 6.71. The van der Waals surface area contributed by atoms with E-state index in [-0.39, 0.29) is 6.03 Å². The van der Waals surface area contributed by atoms with E-state index in [4.69, 9.17) is 4.74 Å². The number of amides is 3. The summed E-state index contributed by atoms with van der Waals surface area (Å²) in [6.45, 7) is 4.71. The van der Waals surface area contributed by atoms with Crippen LogP contribution >= 0.6 is 0 Å². The largest absolute Gasteiger partial charge is 0.449 e. The zero-order valence-corrected chi connectivity index (χ0v) is 12.1.